The smallest absolute Gasteiger partial charge is 0.0445 e. The zero-order valence-electron chi connectivity index (χ0n) is 11.2. The van der Waals surface area contributed by atoms with Crippen molar-refractivity contribution in [1.82, 2.24) is 5.32 Å². The van der Waals surface area contributed by atoms with E-state index < -0.39 is 0 Å². The van der Waals surface area contributed by atoms with Crippen molar-refractivity contribution in [2.75, 3.05) is 6.61 Å². The molecule has 2 nitrogen and oxygen atoms in total. The second kappa shape index (κ2) is 7.46. The van der Waals surface area contributed by atoms with Crippen LogP contribution in [0.25, 0.3) is 0 Å². The molecular weight excluding hydrogens is 210 g/mol. The number of hydrogen-bond donors (Lipinski definition) is 2. The Hall–Kier alpha value is -0.860. The molecule has 1 aromatic carbocycles. The number of aryl methyl sites for hydroxylation is 1. The summed E-state index contributed by atoms with van der Waals surface area (Å²) in [5, 5.41) is 12.6. The maximum atomic E-state index is 8.97. The first kappa shape index (κ1) is 14.2. The van der Waals surface area contributed by atoms with Crippen LogP contribution in [0.1, 0.15) is 37.8 Å². The molecule has 2 heteroatoms. The minimum atomic E-state index is 0.266. The summed E-state index contributed by atoms with van der Waals surface area (Å²) >= 11 is 0. The molecule has 0 saturated heterocycles. The van der Waals surface area contributed by atoms with Crippen molar-refractivity contribution >= 4 is 0 Å². The average molecular weight is 235 g/mol. The molecule has 0 amide bonds. The average Bonchev–Trinajstić information content (AvgIpc) is 2.31. The number of benzene rings is 1. The first-order valence-corrected chi connectivity index (χ1v) is 6.58. The van der Waals surface area contributed by atoms with E-state index in [4.69, 9.17) is 5.11 Å². The Morgan fingerprint density at radius 3 is 2.59 bits per heavy atom. The Balaban J connectivity index is 2.49. The highest BCUT2D eigenvalue weighted by molar-refractivity contribution is 5.26. The number of aliphatic hydroxyl groups is 1. The van der Waals surface area contributed by atoms with Crippen LogP contribution >= 0.6 is 0 Å². The van der Waals surface area contributed by atoms with Gasteiger partial charge in [-0.1, -0.05) is 31.2 Å². The lowest BCUT2D eigenvalue weighted by Gasteiger charge is -2.22. The molecule has 0 saturated carbocycles. The van der Waals surface area contributed by atoms with Crippen molar-refractivity contribution in [3.05, 3.63) is 35.4 Å². The van der Waals surface area contributed by atoms with Gasteiger partial charge >= 0.3 is 0 Å². The fourth-order valence-corrected chi connectivity index (χ4v) is 2.19. The molecule has 0 heterocycles. The second-order valence-electron chi connectivity index (χ2n) is 4.82. The molecule has 1 aromatic rings. The number of nitrogens with one attached hydrogen (secondary N) is 1. The molecule has 0 spiro atoms. The quantitative estimate of drug-likeness (QED) is 0.761. The van der Waals surface area contributed by atoms with Crippen LogP contribution < -0.4 is 5.32 Å². The maximum absolute atomic E-state index is 8.97. The summed E-state index contributed by atoms with van der Waals surface area (Å²) in [5.41, 5.74) is 2.77. The third kappa shape index (κ3) is 4.88. The van der Waals surface area contributed by atoms with Gasteiger partial charge in [-0.2, -0.15) is 0 Å². The van der Waals surface area contributed by atoms with Gasteiger partial charge in [0.1, 0.15) is 0 Å². The summed E-state index contributed by atoms with van der Waals surface area (Å²) in [6.45, 7) is 6.80. The van der Waals surface area contributed by atoms with E-state index in [0.29, 0.717) is 12.1 Å². The van der Waals surface area contributed by atoms with Crippen LogP contribution in [0.5, 0.6) is 0 Å². The predicted octanol–water partition coefficient (Wildman–Crippen LogP) is 2.68. The van der Waals surface area contributed by atoms with Crippen molar-refractivity contribution in [2.45, 2.75) is 52.1 Å². The first-order chi connectivity index (χ1) is 8.17. The van der Waals surface area contributed by atoms with Crippen molar-refractivity contribution in [2.24, 2.45) is 0 Å². The van der Waals surface area contributed by atoms with Crippen LogP contribution in [0, 0.1) is 6.92 Å². The molecule has 2 atom stereocenters. The van der Waals surface area contributed by atoms with Crippen LogP contribution in [-0.2, 0) is 6.42 Å². The van der Waals surface area contributed by atoms with Gasteiger partial charge in [0.2, 0.25) is 0 Å². The summed E-state index contributed by atoms with van der Waals surface area (Å²) in [6.07, 6.45) is 2.96. The predicted molar refractivity (Wildman–Crippen MR) is 73.3 cm³/mol. The van der Waals surface area contributed by atoms with Gasteiger partial charge in [0.25, 0.3) is 0 Å². The monoisotopic (exact) mass is 235 g/mol. The molecule has 0 bridgehead atoms. The number of hydrogen-bond acceptors (Lipinski definition) is 2. The highest BCUT2D eigenvalue weighted by atomic mass is 16.3. The topological polar surface area (TPSA) is 32.3 Å². The van der Waals surface area contributed by atoms with E-state index in [1.54, 1.807) is 0 Å². The fraction of sp³-hybridized carbons (Fsp3) is 0.600. The van der Waals surface area contributed by atoms with Crippen LogP contribution in [0.15, 0.2) is 24.3 Å². The Bertz CT molecular complexity index is 324. The lowest BCUT2D eigenvalue weighted by Crippen LogP contribution is -2.38. The molecule has 17 heavy (non-hydrogen) atoms. The summed E-state index contributed by atoms with van der Waals surface area (Å²) in [5.74, 6) is 0. The van der Waals surface area contributed by atoms with Crippen molar-refractivity contribution < 1.29 is 5.11 Å². The summed E-state index contributed by atoms with van der Waals surface area (Å²) < 4.78 is 0. The fourth-order valence-electron chi connectivity index (χ4n) is 2.19. The van der Waals surface area contributed by atoms with Crippen LogP contribution in [-0.4, -0.2) is 23.8 Å². The Kier molecular flexibility index (Phi) is 6.23. The molecule has 96 valence electrons. The standard InChI is InChI=1S/C15H25NO/c1-4-15(9-10-17)16-13(3)11-14-8-6-5-7-12(14)2/h5-8,13,15-17H,4,9-11H2,1-3H3. The third-order valence-corrected chi connectivity index (χ3v) is 3.28. The summed E-state index contributed by atoms with van der Waals surface area (Å²) in [7, 11) is 0. The normalized spacial score (nSPS) is 14.6. The van der Waals surface area contributed by atoms with Gasteiger partial charge in [-0.05, 0) is 44.2 Å². The SMILES string of the molecule is CCC(CCO)NC(C)Cc1ccccc1C. The van der Waals surface area contributed by atoms with Gasteiger partial charge in [-0.3, -0.25) is 0 Å². The Morgan fingerprint density at radius 2 is 2.00 bits per heavy atom. The van der Waals surface area contributed by atoms with Crippen molar-refractivity contribution in [1.29, 1.82) is 0 Å². The third-order valence-electron chi connectivity index (χ3n) is 3.28. The minimum absolute atomic E-state index is 0.266. The zero-order chi connectivity index (χ0) is 12.7. The van der Waals surface area contributed by atoms with E-state index in [1.165, 1.54) is 11.1 Å². The highest BCUT2D eigenvalue weighted by Crippen LogP contribution is 2.10. The lowest BCUT2D eigenvalue weighted by molar-refractivity contribution is 0.256. The molecule has 0 aromatic heterocycles. The van der Waals surface area contributed by atoms with Crippen LogP contribution in [0.4, 0.5) is 0 Å². The van der Waals surface area contributed by atoms with E-state index in [0.717, 1.165) is 19.3 Å². The van der Waals surface area contributed by atoms with Gasteiger partial charge in [0.05, 0.1) is 0 Å². The van der Waals surface area contributed by atoms with Gasteiger partial charge in [0.15, 0.2) is 0 Å². The minimum Gasteiger partial charge on any atom is -0.396 e. The van der Waals surface area contributed by atoms with Gasteiger partial charge in [-0.15, -0.1) is 0 Å². The number of aliphatic hydroxyl groups excluding tert-OH is 1. The van der Waals surface area contributed by atoms with Crippen molar-refractivity contribution in [3.63, 3.8) is 0 Å². The Labute approximate surface area is 105 Å². The van der Waals surface area contributed by atoms with Crippen molar-refractivity contribution in [3.8, 4) is 0 Å². The van der Waals surface area contributed by atoms with E-state index in [-0.39, 0.29) is 6.61 Å². The van der Waals surface area contributed by atoms with E-state index in [2.05, 4.69) is 50.4 Å². The molecule has 1 rings (SSSR count). The zero-order valence-corrected chi connectivity index (χ0v) is 11.2. The molecule has 2 unspecified atom stereocenters. The molecule has 0 fully saturated rings. The van der Waals surface area contributed by atoms with Gasteiger partial charge < -0.3 is 10.4 Å². The van der Waals surface area contributed by atoms with Crippen LogP contribution in [0.3, 0.4) is 0 Å². The van der Waals surface area contributed by atoms with E-state index in [9.17, 15) is 0 Å². The summed E-state index contributed by atoms with van der Waals surface area (Å²) in [4.78, 5) is 0. The molecule has 0 aliphatic heterocycles. The molecule has 2 N–H and O–H groups in total. The first-order valence-electron chi connectivity index (χ1n) is 6.58. The lowest BCUT2D eigenvalue weighted by atomic mass is 10.0. The molecule has 0 radical (unpaired) electrons. The summed E-state index contributed by atoms with van der Waals surface area (Å²) in [6, 6.07) is 9.41. The van der Waals surface area contributed by atoms with E-state index in [1.807, 2.05) is 0 Å². The van der Waals surface area contributed by atoms with Crippen LogP contribution in [0.2, 0.25) is 0 Å². The Morgan fingerprint density at radius 1 is 1.29 bits per heavy atom. The highest BCUT2D eigenvalue weighted by Gasteiger charge is 2.10. The van der Waals surface area contributed by atoms with Gasteiger partial charge in [-0.25, -0.2) is 0 Å². The van der Waals surface area contributed by atoms with Gasteiger partial charge in [0, 0.05) is 18.7 Å². The van der Waals surface area contributed by atoms with E-state index >= 15 is 0 Å². The second-order valence-corrected chi connectivity index (χ2v) is 4.82. The maximum Gasteiger partial charge on any atom is 0.0445 e. The molecule has 0 aliphatic carbocycles. The number of rotatable bonds is 7. The largest absolute Gasteiger partial charge is 0.396 e. The molecular formula is C15H25NO. The molecule has 0 aliphatic rings.